The van der Waals surface area contributed by atoms with Gasteiger partial charge in [-0.05, 0) is 31.0 Å². The normalized spacial score (nSPS) is 25.0. The third-order valence-corrected chi connectivity index (χ3v) is 5.39. The van der Waals surface area contributed by atoms with Gasteiger partial charge in [0.15, 0.2) is 9.84 Å². The molecule has 0 aliphatic carbocycles. The van der Waals surface area contributed by atoms with E-state index in [1.807, 2.05) is 6.92 Å². The molecule has 1 heterocycles. The van der Waals surface area contributed by atoms with Crippen molar-refractivity contribution in [2.75, 3.05) is 12.3 Å². The summed E-state index contributed by atoms with van der Waals surface area (Å²) < 4.78 is 29.7. The first-order valence-electron chi connectivity index (χ1n) is 5.66. The van der Waals surface area contributed by atoms with Crippen molar-refractivity contribution in [3.63, 3.8) is 0 Å². The summed E-state index contributed by atoms with van der Waals surface area (Å²) in [4.78, 5) is 0. The third-order valence-electron chi connectivity index (χ3n) is 3.12. The van der Waals surface area contributed by atoms with Crippen LogP contribution < -0.4 is 5.73 Å². The van der Waals surface area contributed by atoms with Gasteiger partial charge in [-0.15, -0.1) is 0 Å². The summed E-state index contributed by atoms with van der Waals surface area (Å²) in [5.74, 6) is 0.0612. The molecule has 0 spiro atoms. The second-order valence-corrected chi connectivity index (χ2v) is 6.67. The second-order valence-electron chi connectivity index (χ2n) is 4.45. The first-order valence-corrected chi connectivity index (χ1v) is 7.38. The van der Waals surface area contributed by atoms with E-state index in [0.29, 0.717) is 18.7 Å². The number of nitrogen functional groups attached to an aromatic ring is 1. The molecule has 0 aromatic heterocycles. The molecule has 17 heavy (non-hydrogen) atoms. The lowest BCUT2D eigenvalue weighted by Crippen LogP contribution is -2.29. The molecule has 1 aromatic rings. The van der Waals surface area contributed by atoms with E-state index in [4.69, 9.17) is 10.5 Å². The number of nitrogens with two attached hydrogens (primary N) is 1. The monoisotopic (exact) mass is 255 g/mol. The summed E-state index contributed by atoms with van der Waals surface area (Å²) in [6.07, 6.45) is 0.396. The molecule has 0 bridgehead atoms. The van der Waals surface area contributed by atoms with Crippen LogP contribution in [0.25, 0.3) is 0 Å². The molecule has 1 aromatic carbocycles. The van der Waals surface area contributed by atoms with E-state index in [9.17, 15) is 8.42 Å². The third kappa shape index (κ3) is 2.79. The van der Waals surface area contributed by atoms with E-state index in [1.165, 1.54) is 0 Å². The highest BCUT2D eigenvalue weighted by molar-refractivity contribution is 7.91. The number of sulfone groups is 1. The van der Waals surface area contributed by atoms with E-state index in [-0.39, 0.29) is 17.1 Å². The average Bonchev–Trinajstić information content (AvgIpc) is 2.68. The van der Waals surface area contributed by atoms with Crippen LogP contribution in [0.15, 0.2) is 24.3 Å². The van der Waals surface area contributed by atoms with Crippen LogP contribution in [0.4, 0.5) is 5.69 Å². The lowest BCUT2D eigenvalue weighted by Gasteiger charge is -2.15. The van der Waals surface area contributed by atoms with Gasteiger partial charge in [-0.25, -0.2) is 8.42 Å². The van der Waals surface area contributed by atoms with Crippen molar-refractivity contribution in [1.82, 2.24) is 0 Å². The number of anilines is 1. The van der Waals surface area contributed by atoms with Crippen molar-refractivity contribution >= 4 is 15.5 Å². The molecule has 2 atom stereocenters. The Hall–Kier alpha value is -1.07. The van der Waals surface area contributed by atoms with Crippen molar-refractivity contribution in [1.29, 1.82) is 0 Å². The number of hydrogen-bond donors (Lipinski definition) is 1. The molecule has 0 amide bonds. The minimum absolute atomic E-state index is 0.0612. The van der Waals surface area contributed by atoms with Crippen LogP contribution in [0.5, 0.6) is 0 Å². The molecule has 2 rings (SSSR count). The lowest BCUT2D eigenvalue weighted by atomic mass is 10.2. The van der Waals surface area contributed by atoms with E-state index in [0.717, 1.165) is 5.56 Å². The van der Waals surface area contributed by atoms with Crippen LogP contribution >= 0.6 is 0 Å². The number of benzene rings is 1. The standard InChI is InChI=1S/C12H17NO3S/c1-9-12(6-7-16-9)17(14,15)8-10-2-4-11(13)5-3-10/h2-5,9,12H,6-8,13H2,1H3. The molecule has 1 aliphatic heterocycles. The summed E-state index contributed by atoms with van der Waals surface area (Å²) in [5.41, 5.74) is 6.98. The Balaban J connectivity index is 2.14. The van der Waals surface area contributed by atoms with E-state index in [2.05, 4.69) is 0 Å². The van der Waals surface area contributed by atoms with E-state index in [1.54, 1.807) is 24.3 Å². The molecule has 2 unspecified atom stereocenters. The highest BCUT2D eigenvalue weighted by Gasteiger charge is 2.35. The molecule has 4 nitrogen and oxygen atoms in total. The Bertz CT molecular complexity index is 481. The highest BCUT2D eigenvalue weighted by Crippen LogP contribution is 2.24. The maximum absolute atomic E-state index is 12.2. The number of rotatable bonds is 3. The number of ether oxygens (including phenoxy) is 1. The zero-order chi connectivity index (χ0) is 12.5. The average molecular weight is 255 g/mol. The summed E-state index contributed by atoms with van der Waals surface area (Å²) in [5, 5.41) is -0.375. The van der Waals surface area contributed by atoms with Crippen LogP contribution in [0.2, 0.25) is 0 Å². The van der Waals surface area contributed by atoms with Crippen LogP contribution in [0.3, 0.4) is 0 Å². The van der Waals surface area contributed by atoms with Gasteiger partial charge < -0.3 is 10.5 Å². The Kier molecular flexibility index (Phi) is 3.40. The molecule has 0 radical (unpaired) electrons. The Labute approximate surface area is 102 Å². The lowest BCUT2D eigenvalue weighted by molar-refractivity contribution is 0.126. The predicted molar refractivity (Wildman–Crippen MR) is 67.3 cm³/mol. The quantitative estimate of drug-likeness (QED) is 0.828. The van der Waals surface area contributed by atoms with Crippen molar-refractivity contribution in [2.24, 2.45) is 0 Å². The fourth-order valence-corrected chi connectivity index (χ4v) is 4.13. The van der Waals surface area contributed by atoms with Crippen molar-refractivity contribution in [3.8, 4) is 0 Å². The molecule has 1 saturated heterocycles. The molecule has 1 aliphatic rings. The van der Waals surface area contributed by atoms with Gasteiger partial charge in [0, 0.05) is 12.3 Å². The van der Waals surface area contributed by atoms with Crippen LogP contribution in [-0.4, -0.2) is 26.4 Å². The second kappa shape index (κ2) is 4.66. The van der Waals surface area contributed by atoms with Crippen molar-refractivity contribution in [3.05, 3.63) is 29.8 Å². The Morgan fingerprint density at radius 2 is 2.00 bits per heavy atom. The van der Waals surface area contributed by atoms with Gasteiger partial charge in [0.1, 0.15) is 0 Å². The SMILES string of the molecule is CC1OCCC1S(=O)(=O)Cc1ccc(N)cc1. The van der Waals surface area contributed by atoms with Crippen molar-refractivity contribution in [2.45, 2.75) is 30.5 Å². The van der Waals surface area contributed by atoms with Crippen LogP contribution in [-0.2, 0) is 20.3 Å². The summed E-state index contributed by atoms with van der Waals surface area (Å²) >= 11 is 0. The molecular formula is C12H17NO3S. The molecule has 2 N–H and O–H groups in total. The first-order chi connectivity index (χ1) is 7.99. The maximum atomic E-state index is 12.2. The van der Waals surface area contributed by atoms with Gasteiger partial charge in [0.2, 0.25) is 0 Å². The van der Waals surface area contributed by atoms with Crippen molar-refractivity contribution < 1.29 is 13.2 Å². The minimum atomic E-state index is -3.14. The number of hydrogen-bond acceptors (Lipinski definition) is 4. The maximum Gasteiger partial charge on any atom is 0.159 e. The fourth-order valence-electron chi connectivity index (χ4n) is 2.14. The zero-order valence-corrected chi connectivity index (χ0v) is 10.6. The predicted octanol–water partition coefficient (Wildman–Crippen LogP) is 1.36. The van der Waals surface area contributed by atoms with E-state index >= 15 is 0 Å². The van der Waals surface area contributed by atoms with Gasteiger partial charge in [0.05, 0.1) is 17.1 Å². The van der Waals surface area contributed by atoms with Gasteiger partial charge in [0.25, 0.3) is 0 Å². The van der Waals surface area contributed by atoms with Crippen LogP contribution in [0.1, 0.15) is 18.9 Å². The topological polar surface area (TPSA) is 69.4 Å². The van der Waals surface area contributed by atoms with Crippen LogP contribution in [0, 0.1) is 0 Å². The fraction of sp³-hybridized carbons (Fsp3) is 0.500. The Morgan fingerprint density at radius 3 is 2.53 bits per heavy atom. The minimum Gasteiger partial charge on any atom is -0.399 e. The van der Waals surface area contributed by atoms with Gasteiger partial charge in [-0.2, -0.15) is 0 Å². The molecule has 0 saturated carbocycles. The first kappa shape index (κ1) is 12.4. The highest BCUT2D eigenvalue weighted by atomic mass is 32.2. The molecule has 94 valence electrons. The van der Waals surface area contributed by atoms with Gasteiger partial charge in [-0.3, -0.25) is 0 Å². The molecule has 5 heteroatoms. The Morgan fingerprint density at radius 1 is 1.35 bits per heavy atom. The summed E-state index contributed by atoms with van der Waals surface area (Å²) in [7, 11) is -3.14. The van der Waals surface area contributed by atoms with Gasteiger partial charge in [-0.1, -0.05) is 12.1 Å². The largest absolute Gasteiger partial charge is 0.399 e. The summed E-state index contributed by atoms with van der Waals surface area (Å²) in [6.45, 7) is 2.35. The molecular weight excluding hydrogens is 238 g/mol. The molecule has 1 fully saturated rings. The summed E-state index contributed by atoms with van der Waals surface area (Å²) in [6, 6.07) is 6.96. The smallest absolute Gasteiger partial charge is 0.159 e. The van der Waals surface area contributed by atoms with Gasteiger partial charge >= 0.3 is 0 Å². The zero-order valence-electron chi connectivity index (χ0n) is 9.80. The van der Waals surface area contributed by atoms with E-state index < -0.39 is 9.84 Å².